The summed E-state index contributed by atoms with van der Waals surface area (Å²) in [6.07, 6.45) is -4.24. The van der Waals surface area contributed by atoms with Crippen LogP contribution in [0.3, 0.4) is 0 Å². The van der Waals surface area contributed by atoms with Crippen LogP contribution < -0.4 is 4.90 Å². The molecule has 1 N–H and O–H groups in total. The number of benzene rings is 1. The van der Waals surface area contributed by atoms with Crippen LogP contribution in [-0.4, -0.2) is 14.1 Å². The Morgan fingerprint density at radius 1 is 1.15 bits per heavy atom. The molecule has 4 heteroatoms. The monoisotopic (exact) mass is 190 g/mol. The smallest absolute Gasteiger partial charge is 0.307 e. The van der Waals surface area contributed by atoms with Crippen LogP contribution in [0.4, 0.5) is 18.9 Å². The number of halogens is 3. The molecule has 0 radical (unpaired) electrons. The summed E-state index contributed by atoms with van der Waals surface area (Å²) in [4.78, 5) is 0.881. The summed E-state index contributed by atoms with van der Waals surface area (Å²) in [7, 11) is 3.57. The lowest BCUT2D eigenvalue weighted by Crippen LogP contribution is -3.00. The molecule has 0 atom stereocenters. The van der Waals surface area contributed by atoms with E-state index in [1.807, 2.05) is 0 Å². The molecule has 1 aromatic carbocycles. The summed E-state index contributed by atoms with van der Waals surface area (Å²) in [6.45, 7) is 0. The average Bonchev–Trinajstić information content (AvgIpc) is 2.03. The van der Waals surface area contributed by atoms with Gasteiger partial charge in [-0.3, -0.25) is 0 Å². The first-order valence-electron chi connectivity index (χ1n) is 3.89. The van der Waals surface area contributed by atoms with Crippen molar-refractivity contribution in [2.24, 2.45) is 0 Å². The van der Waals surface area contributed by atoms with Crippen molar-refractivity contribution in [3.05, 3.63) is 29.8 Å². The van der Waals surface area contributed by atoms with Crippen molar-refractivity contribution in [2.45, 2.75) is 6.18 Å². The lowest BCUT2D eigenvalue weighted by Gasteiger charge is -2.10. The van der Waals surface area contributed by atoms with Crippen molar-refractivity contribution >= 4 is 5.69 Å². The number of rotatable bonds is 1. The molecule has 13 heavy (non-hydrogen) atoms. The van der Waals surface area contributed by atoms with E-state index in [2.05, 4.69) is 0 Å². The SMILES string of the molecule is C[NH+](C)c1cccc(C(F)(F)F)c1. The second kappa shape index (κ2) is 3.38. The Morgan fingerprint density at radius 3 is 2.23 bits per heavy atom. The van der Waals surface area contributed by atoms with Crippen molar-refractivity contribution in [1.82, 2.24) is 0 Å². The summed E-state index contributed by atoms with van der Waals surface area (Å²) in [5.74, 6) is 0. The van der Waals surface area contributed by atoms with Gasteiger partial charge in [0.1, 0.15) is 5.69 Å². The number of quaternary nitrogens is 1. The maximum atomic E-state index is 12.2. The molecule has 0 saturated heterocycles. The molecule has 1 rings (SSSR count). The van der Waals surface area contributed by atoms with Gasteiger partial charge >= 0.3 is 6.18 Å². The van der Waals surface area contributed by atoms with Gasteiger partial charge in [-0.05, 0) is 12.1 Å². The highest BCUT2D eigenvalue weighted by molar-refractivity contribution is 5.35. The molecular weight excluding hydrogens is 179 g/mol. The lowest BCUT2D eigenvalue weighted by molar-refractivity contribution is -0.786. The van der Waals surface area contributed by atoms with Gasteiger partial charge in [0.2, 0.25) is 0 Å². The van der Waals surface area contributed by atoms with Gasteiger partial charge in [0.05, 0.1) is 19.7 Å². The third kappa shape index (κ3) is 2.45. The van der Waals surface area contributed by atoms with E-state index < -0.39 is 11.7 Å². The van der Waals surface area contributed by atoms with Gasteiger partial charge in [0.25, 0.3) is 0 Å². The number of hydrogen-bond donors (Lipinski definition) is 1. The lowest BCUT2D eigenvalue weighted by atomic mass is 10.2. The molecule has 0 spiro atoms. The zero-order chi connectivity index (χ0) is 10.1. The van der Waals surface area contributed by atoms with Crippen LogP contribution in [0.5, 0.6) is 0 Å². The van der Waals surface area contributed by atoms with Crippen molar-refractivity contribution < 1.29 is 18.1 Å². The van der Waals surface area contributed by atoms with E-state index >= 15 is 0 Å². The molecule has 0 bridgehead atoms. The molecule has 72 valence electrons. The number of nitrogens with one attached hydrogen (secondary N) is 1. The number of hydrogen-bond acceptors (Lipinski definition) is 0. The molecule has 1 aromatic rings. The third-order valence-corrected chi connectivity index (χ3v) is 1.77. The van der Waals surface area contributed by atoms with Crippen LogP contribution in [0.2, 0.25) is 0 Å². The van der Waals surface area contributed by atoms with Crippen molar-refractivity contribution in [1.29, 1.82) is 0 Å². The molecule has 0 heterocycles. The molecule has 0 aliphatic heterocycles. The summed E-state index contributed by atoms with van der Waals surface area (Å²) in [5, 5.41) is 0. The first-order valence-corrected chi connectivity index (χ1v) is 3.89. The van der Waals surface area contributed by atoms with Crippen LogP contribution in [-0.2, 0) is 6.18 Å². The van der Waals surface area contributed by atoms with Gasteiger partial charge in [-0.2, -0.15) is 13.2 Å². The highest BCUT2D eigenvalue weighted by Gasteiger charge is 2.30. The minimum atomic E-state index is -4.24. The molecule has 0 amide bonds. The number of alkyl halides is 3. The predicted molar refractivity (Wildman–Crippen MR) is 43.9 cm³/mol. The second-order valence-corrected chi connectivity index (χ2v) is 3.08. The maximum Gasteiger partial charge on any atom is 0.416 e. The molecule has 1 nitrogen and oxygen atoms in total. The minimum Gasteiger partial charge on any atom is -0.307 e. The Morgan fingerprint density at radius 2 is 1.77 bits per heavy atom. The van der Waals surface area contributed by atoms with E-state index in [0.29, 0.717) is 5.69 Å². The fraction of sp³-hybridized carbons (Fsp3) is 0.333. The highest BCUT2D eigenvalue weighted by Crippen LogP contribution is 2.29. The quantitative estimate of drug-likeness (QED) is 0.684. The standard InChI is InChI=1S/C9H10F3N/c1-13(2)8-5-3-4-7(6-8)9(10,11)12/h3-6H,1-2H3/p+1. The Bertz CT molecular complexity index is 291. The molecule has 0 saturated carbocycles. The Balaban J connectivity index is 3.06. The minimum absolute atomic E-state index is 0.591. The second-order valence-electron chi connectivity index (χ2n) is 3.08. The Kier molecular flexibility index (Phi) is 2.61. The molecule has 0 aromatic heterocycles. The summed E-state index contributed by atoms with van der Waals surface area (Å²) >= 11 is 0. The summed E-state index contributed by atoms with van der Waals surface area (Å²) in [6, 6.07) is 5.33. The highest BCUT2D eigenvalue weighted by atomic mass is 19.4. The largest absolute Gasteiger partial charge is 0.416 e. The first kappa shape index (κ1) is 10.1. The van der Waals surface area contributed by atoms with Gasteiger partial charge in [0, 0.05) is 6.07 Å². The molecule has 0 aliphatic carbocycles. The zero-order valence-electron chi connectivity index (χ0n) is 7.44. The van der Waals surface area contributed by atoms with E-state index in [4.69, 9.17) is 0 Å². The fourth-order valence-corrected chi connectivity index (χ4v) is 1.01. The van der Waals surface area contributed by atoms with Crippen LogP contribution in [0, 0.1) is 0 Å². The van der Waals surface area contributed by atoms with Gasteiger partial charge in [-0.25, -0.2) is 0 Å². The van der Waals surface area contributed by atoms with Crippen LogP contribution in [0.25, 0.3) is 0 Å². The predicted octanol–water partition coefficient (Wildman–Crippen LogP) is 1.48. The van der Waals surface area contributed by atoms with Crippen molar-refractivity contribution in [2.75, 3.05) is 14.1 Å². The molecule has 0 fully saturated rings. The van der Waals surface area contributed by atoms with Gasteiger partial charge in [-0.1, -0.05) is 6.07 Å². The van der Waals surface area contributed by atoms with E-state index in [1.54, 1.807) is 20.2 Å². The van der Waals surface area contributed by atoms with Crippen LogP contribution in [0.15, 0.2) is 24.3 Å². The van der Waals surface area contributed by atoms with Gasteiger partial charge < -0.3 is 4.90 Å². The Labute approximate surface area is 74.8 Å². The first-order chi connectivity index (χ1) is 5.91. The maximum absolute atomic E-state index is 12.2. The van der Waals surface area contributed by atoms with Crippen molar-refractivity contribution in [3.8, 4) is 0 Å². The van der Waals surface area contributed by atoms with Gasteiger partial charge in [-0.15, -0.1) is 0 Å². The van der Waals surface area contributed by atoms with Crippen LogP contribution >= 0.6 is 0 Å². The van der Waals surface area contributed by atoms with E-state index in [-0.39, 0.29) is 0 Å². The molecular formula is C9H11F3N+. The summed E-state index contributed by atoms with van der Waals surface area (Å²) in [5.41, 5.74) is 0.0426. The third-order valence-electron chi connectivity index (χ3n) is 1.77. The Hall–Kier alpha value is -1.03. The molecule has 0 aliphatic rings. The van der Waals surface area contributed by atoms with E-state index in [1.165, 1.54) is 6.07 Å². The van der Waals surface area contributed by atoms with Crippen LogP contribution in [0.1, 0.15) is 5.56 Å². The van der Waals surface area contributed by atoms with E-state index in [9.17, 15) is 13.2 Å². The topological polar surface area (TPSA) is 4.44 Å². The normalized spacial score (nSPS) is 12.2. The molecule has 0 unspecified atom stereocenters. The zero-order valence-corrected chi connectivity index (χ0v) is 7.44. The fourth-order valence-electron chi connectivity index (χ4n) is 1.01. The van der Waals surface area contributed by atoms with Gasteiger partial charge in [0.15, 0.2) is 0 Å². The average molecular weight is 190 g/mol. The van der Waals surface area contributed by atoms with Crippen molar-refractivity contribution in [3.63, 3.8) is 0 Å². The van der Waals surface area contributed by atoms with E-state index in [0.717, 1.165) is 17.0 Å². The summed E-state index contributed by atoms with van der Waals surface area (Å²) < 4.78 is 36.7.